The fourth-order valence-electron chi connectivity index (χ4n) is 3.29. The highest BCUT2D eigenvalue weighted by Gasteiger charge is 2.36. The van der Waals surface area contributed by atoms with E-state index in [9.17, 15) is 5.26 Å². The first-order valence-electron chi connectivity index (χ1n) is 9.65. The molecule has 0 bridgehead atoms. The Kier molecular flexibility index (Phi) is 9.75. The number of nitrogens with zero attached hydrogens (tertiary/aromatic N) is 3. The van der Waals surface area contributed by atoms with Crippen LogP contribution in [0.15, 0.2) is 30.3 Å². The summed E-state index contributed by atoms with van der Waals surface area (Å²) in [5.41, 5.74) is 1.07. The molecule has 4 nitrogen and oxygen atoms in total. The fourth-order valence-corrected chi connectivity index (χ4v) is 5.75. The number of hydrogen-bond acceptors (Lipinski definition) is 4. The van der Waals surface area contributed by atoms with Gasteiger partial charge in [0.25, 0.3) is 0 Å². The van der Waals surface area contributed by atoms with Crippen molar-refractivity contribution < 1.29 is 4.52 Å². The van der Waals surface area contributed by atoms with Gasteiger partial charge in [-0.2, -0.15) is 5.26 Å². The highest BCUT2D eigenvalue weighted by Crippen LogP contribution is 2.54. The molecule has 1 aromatic rings. The van der Waals surface area contributed by atoms with Gasteiger partial charge in [-0.25, -0.2) is 9.34 Å². The van der Waals surface area contributed by atoms with Crippen molar-refractivity contribution in [2.45, 2.75) is 92.1 Å². The molecule has 0 radical (unpaired) electrons. The molecule has 0 N–H and O–H groups in total. The molecule has 0 saturated carbocycles. The van der Waals surface area contributed by atoms with Crippen molar-refractivity contribution in [3.05, 3.63) is 35.9 Å². The molecule has 0 heterocycles. The van der Waals surface area contributed by atoms with Gasteiger partial charge in [0.15, 0.2) is 8.45 Å². The van der Waals surface area contributed by atoms with Crippen molar-refractivity contribution in [3.63, 3.8) is 0 Å². The summed E-state index contributed by atoms with van der Waals surface area (Å²) in [5, 5.41) is 9.37. The van der Waals surface area contributed by atoms with Crippen molar-refractivity contribution >= 4 is 8.45 Å². The Morgan fingerprint density at radius 1 is 0.846 bits per heavy atom. The molecule has 0 aromatic heterocycles. The summed E-state index contributed by atoms with van der Waals surface area (Å²) < 4.78 is 11.7. The third-order valence-corrected chi connectivity index (χ3v) is 7.26. The molecule has 0 aliphatic heterocycles. The van der Waals surface area contributed by atoms with Crippen LogP contribution in [0.3, 0.4) is 0 Å². The third kappa shape index (κ3) is 6.32. The lowest BCUT2D eigenvalue weighted by molar-refractivity contribution is 0.145. The van der Waals surface area contributed by atoms with E-state index in [2.05, 4.69) is 82.9 Å². The lowest BCUT2D eigenvalue weighted by Crippen LogP contribution is -2.43. The molecule has 1 aromatic carbocycles. The van der Waals surface area contributed by atoms with Crippen LogP contribution < -0.4 is 0 Å². The lowest BCUT2D eigenvalue weighted by atomic mass is 10.1. The summed E-state index contributed by atoms with van der Waals surface area (Å²) in [6, 6.07) is 13.9. The standard InChI is InChI=1S/C21H36N3OP/c1-16(2)23(17(3)4)26(24(18(5)6)19(7)8)25-21(14-15-22)20-12-10-9-11-13-20/h9-13,16-19,21H,14H2,1-8H3/t21-/m0/s1. The van der Waals surface area contributed by atoms with Crippen LogP contribution in [-0.2, 0) is 4.52 Å². The van der Waals surface area contributed by atoms with Crippen LogP contribution in [0.25, 0.3) is 0 Å². The van der Waals surface area contributed by atoms with Gasteiger partial charge in [-0.05, 0) is 61.0 Å². The Morgan fingerprint density at radius 2 is 1.27 bits per heavy atom. The zero-order valence-corrected chi connectivity index (χ0v) is 18.6. The first-order valence-corrected chi connectivity index (χ1v) is 10.8. The minimum atomic E-state index is -1.00. The quantitative estimate of drug-likeness (QED) is 0.460. The van der Waals surface area contributed by atoms with Gasteiger partial charge in [0.05, 0.1) is 12.5 Å². The molecule has 0 unspecified atom stereocenters. The summed E-state index contributed by atoms with van der Waals surface area (Å²) in [7, 11) is -1.00. The number of hydrogen-bond donors (Lipinski definition) is 0. The minimum absolute atomic E-state index is 0.215. The molecule has 0 aliphatic rings. The Bertz CT molecular complexity index is 518. The molecule has 1 rings (SSSR count). The summed E-state index contributed by atoms with van der Waals surface area (Å²) >= 11 is 0. The zero-order chi connectivity index (χ0) is 19.9. The van der Waals surface area contributed by atoms with E-state index in [-0.39, 0.29) is 6.10 Å². The SMILES string of the molecule is CC(C)N(C(C)C)P(O[C@@H](CC#N)c1ccccc1)N(C(C)C)C(C)C. The first-order chi connectivity index (χ1) is 12.2. The topological polar surface area (TPSA) is 39.5 Å². The van der Waals surface area contributed by atoms with E-state index in [1.54, 1.807) is 0 Å². The fraction of sp³-hybridized carbons (Fsp3) is 0.667. The van der Waals surface area contributed by atoms with Crippen LogP contribution in [0.1, 0.15) is 73.5 Å². The smallest absolute Gasteiger partial charge is 0.189 e. The molecule has 0 aliphatic carbocycles. The summed E-state index contributed by atoms with van der Waals surface area (Å²) in [5.74, 6) is 0. The average Bonchev–Trinajstić information content (AvgIpc) is 2.53. The van der Waals surface area contributed by atoms with Crippen LogP contribution in [0.4, 0.5) is 0 Å². The van der Waals surface area contributed by atoms with Crippen LogP contribution in [-0.4, -0.2) is 33.5 Å². The van der Waals surface area contributed by atoms with Gasteiger partial charge >= 0.3 is 0 Å². The average molecular weight is 378 g/mol. The molecule has 146 valence electrons. The van der Waals surface area contributed by atoms with Crippen LogP contribution in [0.2, 0.25) is 0 Å². The van der Waals surface area contributed by atoms with Gasteiger partial charge in [-0.3, -0.25) is 0 Å². The van der Waals surface area contributed by atoms with Crippen LogP contribution >= 0.6 is 8.45 Å². The second-order valence-electron chi connectivity index (χ2n) is 7.75. The van der Waals surface area contributed by atoms with Crippen LogP contribution in [0.5, 0.6) is 0 Å². The largest absolute Gasteiger partial charge is 0.322 e. The van der Waals surface area contributed by atoms with E-state index >= 15 is 0 Å². The predicted octanol–water partition coefficient (Wildman–Crippen LogP) is 6.12. The van der Waals surface area contributed by atoms with E-state index in [1.807, 2.05) is 18.2 Å². The van der Waals surface area contributed by atoms with Gasteiger partial charge in [0, 0.05) is 24.2 Å². The van der Waals surface area contributed by atoms with Crippen molar-refractivity contribution in [3.8, 4) is 6.07 Å². The van der Waals surface area contributed by atoms with Gasteiger partial charge in [-0.1, -0.05) is 30.3 Å². The van der Waals surface area contributed by atoms with Crippen LogP contribution in [0, 0.1) is 11.3 Å². The van der Waals surface area contributed by atoms with Gasteiger partial charge in [0.2, 0.25) is 0 Å². The highest BCUT2D eigenvalue weighted by molar-refractivity contribution is 7.47. The predicted molar refractivity (Wildman–Crippen MR) is 112 cm³/mol. The Morgan fingerprint density at radius 3 is 1.62 bits per heavy atom. The third-order valence-electron chi connectivity index (χ3n) is 4.18. The van der Waals surface area contributed by atoms with Gasteiger partial charge in [0.1, 0.15) is 6.10 Å². The van der Waals surface area contributed by atoms with Gasteiger partial charge < -0.3 is 4.52 Å². The second kappa shape index (κ2) is 11.0. The van der Waals surface area contributed by atoms with E-state index in [0.29, 0.717) is 30.6 Å². The Balaban J connectivity index is 3.31. The monoisotopic (exact) mass is 377 g/mol. The normalized spacial score (nSPS) is 13.6. The minimum Gasteiger partial charge on any atom is -0.322 e. The summed E-state index contributed by atoms with van der Waals surface area (Å²) in [6.45, 7) is 17.8. The molecule has 1 atom stereocenters. The zero-order valence-electron chi connectivity index (χ0n) is 17.7. The second-order valence-corrected chi connectivity index (χ2v) is 9.39. The maximum absolute atomic E-state index is 9.37. The number of benzene rings is 1. The van der Waals surface area contributed by atoms with Crippen molar-refractivity contribution in [2.75, 3.05) is 0 Å². The molecule has 5 heteroatoms. The van der Waals surface area contributed by atoms with Crippen molar-refractivity contribution in [1.29, 1.82) is 5.26 Å². The van der Waals surface area contributed by atoms with E-state index < -0.39 is 8.45 Å². The highest BCUT2D eigenvalue weighted by atomic mass is 31.2. The Labute approximate surface area is 162 Å². The molecule has 0 saturated heterocycles. The maximum atomic E-state index is 9.37. The molecular weight excluding hydrogens is 341 g/mol. The number of rotatable bonds is 10. The number of nitriles is 1. The lowest BCUT2D eigenvalue weighted by Gasteiger charge is -2.46. The maximum Gasteiger partial charge on any atom is 0.189 e. The molecular formula is C21H36N3OP. The first kappa shape index (κ1) is 23.1. The summed E-state index contributed by atoms with van der Waals surface area (Å²) in [4.78, 5) is 0. The van der Waals surface area contributed by atoms with E-state index in [0.717, 1.165) is 5.56 Å². The molecule has 0 fully saturated rings. The summed E-state index contributed by atoms with van der Waals surface area (Å²) in [6.07, 6.45) is 0.143. The van der Waals surface area contributed by atoms with E-state index in [1.165, 1.54) is 0 Å². The van der Waals surface area contributed by atoms with E-state index in [4.69, 9.17) is 4.52 Å². The van der Waals surface area contributed by atoms with Crippen molar-refractivity contribution in [2.24, 2.45) is 0 Å². The molecule has 26 heavy (non-hydrogen) atoms. The van der Waals surface area contributed by atoms with Crippen molar-refractivity contribution in [1.82, 2.24) is 9.34 Å². The van der Waals surface area contributed by atoms with Gasteiger partial charge in [-0.15, -0.1) is 0 Å². The Hall–Kier alpha value is -0.980. The molecule has 0 amide bonds. The molecule has 0 spiro atoms.